The standard InChI is InChI=1S/C25H16Cl2N2O2S/c1-31-23-17(12-13-18(26)20(23)27)14-19-24(30)29-22(16-10-6-3-7-11-16)21(28-25(29)32-19)15-8-4-2-5-9-15/h2-14H,1H3. The summed E-state index contributed by atoms with van der Waals surface area (Å²) in [6.07, 6.45) is 1.76. The van der Waals surface area contributed by atoms with Gasteiger partial charge in [0.2, 0.25) is 0 Å². The fourth-order valence-corrected chi connectivity index (χ4v) is 5.03. The molecule has 0 unspecified atom stereocenters. The molecule has 0 aliphatic heterocycles. The highest BCUT2D eigenvalue weighted by Crippen LogP contribution is 2.36. The summed E-state index contributed by atoms with van der Waals surface area (Å²) < 4.78 is 7.63. The first-order valence-electron chi connectivity index (χ1n) is 9.78. The van der Waals surface area contributed by atoms with Crippen molar-refractivity contribution < 1.29 is 4.74 Å². The average Bonchev–Trinajstić information content (AvgIpc) is 3.34. The maximum Gasteiger partial charge on any atom is 0.274 e. The van der Waals surface area contributed by atoms with Crippen molar-refractivity contribution in [3.63, 3.8) is 0 Å². The zero-order valence-corrected chi connectivity index (χ0v) is 19.2. The molecule has 0 N–H and O–H groups in total. The molecule has 3 aromatic carbocycles. The van der Waals surface area contributed by atoms with Crippen molar-refractivity contribution in [2.24, 2.45) is 0 Å². The minimum atomic E-state index is -0.147. The fraction of sp³-hybridized carbons (Fsp3) is 0.0400. The van der Waals surface area contributed by atoms with Gasteiger partial charge in [0.1, 0.15) is 10.8 Å². The van der Waals surface area contributed by atoms with Crippen LogP contribution in [0.1, 0.15) is 5.56 Å². The number of fused-ring (bicyclic) bond motifs is 1. The van der Waals surface area contributed by atoms with E-state index < -0.39 is 0 Å². The first-order chi connectivity index (χ1) is 15.6. The van der Waals surface area contributed by atoms with E-state index >= 15 is 0 Å². The zero-order chi connectivity index (χ0) is 22.2. The van der Waals surface area contributed by atoms with Gasteiger partial charge >= 0.3 is 0 Å². The third-order valence-corrected chi connectivity index (χ3v) is 6.88. The summed E-state index contributed by atoms with van der Waals surface area (Å²) in [5.74, 6) is 0.429. The maximum absolute atomic E-state index is 13.5. The molecule has 0 saturated carbocycles. The van der Waals surface area contributed by atoms with Gasteiger partial charge in [0, 0.05) is 16.7 Å². The molecule has 0 amide bonds. The molecular formula is C25H16Cl2N2O2S. The Morgan fingerprint density at radius 3 is 2.25 bits per heavy atom. The van der Waals surface area contributed by atoms with Crippen molar-refractivity contribution in [2.75, 3.05) is 7.11 Å². The van der Waals surface area contributed by atoms with E-state index in [9.17, 15) is 4.79 Å². The molecule has 32 heavy (non-hydrogen) atoms. The number of ether oxygens (including phenoxy) is 1. The van der Waals surface area contributed by atoms with Gasteiger partial charge in [0.05, 0.1) is 28.1 Å². The number of aromatic nitrogens is 2. The summed E-state index contributed by atoms with van der Waals surface area (Å²) in [6, 6.07) is 23.2. The molecule has 0 atom stereocenters. The van der Waals surface area contributed by atoms with Crippen LogP contribution < -0.4 is 14.8 Å². The van der Waals surface area contributed by atoms with E-state index in [1.807, 2.05) is 60.7 Å². The van der Waals surface area contributed by atoms with Crippen LogP contribution in [0, 0.1) is 0 Å². The van der Waals surface area contributed by atoms with Crippen LogP contribution >= 0.6 is 34.5 Å². The Morgan fingerprint density at radius 1 is 0.938 bits per heavy atom. The highest BCUT2D eigenvalue weighted by atomic mass is 35.5. The van der Waals surface area contributed by atoms with Crippen molar-refractivity contribution in [1.82, 2.24) is 9.38 Å². The van der Waals surface area contributed by atoms with Gasteiger partial charge in [-0.15, -0.1) is 0 Å². The molecule has 0 aliphatic rings. The Balaban J connectivity index is 1.80. The minimum absolute atomic E-state index is 0.147. The fourth-order valence-electron chi connectivity index (χ4n) is 3.67. The van der Waals surface area contributed by atoms with Gasteiger partial charge < -0.3 is 4.74 Å². The second-order valence-electron chi connectivity index (χ2n) is 7.06. The predicted octanol–water partition coefficient (Wildman–Crippen LogP) is 5.95. The molecule has 5 aromatic rings. The number of hydrogen-bond donors (Lipinski definition) is 0. The van der Waals surface area contributed by atoms with Crippen molar-refractivity contribution in [3.05, 3.63) is 103 Å². The van der Waals surface area contributed by atoms with Gasteiger partial charge in [0.25, 0.3) is 5.56 Å². The molecular weight excluding hydrogens is 463 g/mol. The molecule has 4 nitrogen and oxygen atoms in total. The number of thiazole rings is 1. The van der Waals surface area contributed by atoms with Crippen molar-refractivity contribution in [3.8, 4) is 28.3 Å². The molecule has 7 heteroatoms. The third-order valence-electron chi connectivity index (χ3n) is 5.13. The summed E-state index contributed by atoms with van der Waals surface area (Å²) in [4.78, 5) is 19.0. The lowest BCUT2D eigenvalue weighted by Crippen LogP contribution is -2.23. The third kappa shape index (κ3) is 3.48. The van der Waals surface area contributed by atoms with Gasteiger partial charge in [-0.1, -0.05) is 95.2 Å². The Bertz CT molecular complexity index is 1540. The minimum Gasteiger partial charge on any atom is -0.495 e. The molecule has 0 radical (unpaired) electrons. The molecule has 0 saturated heterocycles. The molecule has 2 aromatic heterocycles. The quantitative estimate of drug-likeness (QED) is 0.320. The predicted molar refractivity (Wildman–Crippen MR) is 132 cm³/mol. The smallest absolute Gasteiger partial charge is 0.274 e. The number of benzene rings is 3. The second kappa shape index (κ2) is 8.43. The number of halogens is 2. The Morgan fingerprint density at radius 2 is 1.59 bits per heavy atom. The second-order valence-corrected chi connectivity index (χ2v) is 8.85. The number of imidazole rings is 1. The highest BCUT2D eigenvalue weighted by molar-refractivity contribution is 7.15. The topological polar surface area (TPSA) is 43.6 Å². The van der Waals surface area contributed by atoms with Gasteiger partial charge in [-0.3, -0.25) is 4.79 Å². The number of hydrogen-bond acceptors (Lipinski definition) is 4. The molecule has 0 aliphatic carbocycles. The SMILES string of the molecule is COc1c(C=c2sc3nc(-c4ccccc4)c(-c4ccccc4)n3c2=O)ccc(Cl)c1Cl. The van der Waals surface area contributed by atoms with Crippen molar-refractivity contribution in [2.45, 2.75) is 0 Å². The van der Waals surface area contributed by atoms with Gasteiger partial charge in [0.15, 0.2) is 4.96 Å². The summed E-state index contributed by atoms with van der Waals surface area (Å²) >= 11 is 13.7. The number of methoxy groups -OCH3 is 1. The van der Waals surface area contributed by atoms with E-state index in [4.69, 9.17) is 32.9 Å². The van der Waals surface area contributed by atoms with Crippen LogP contribution in [0.25, 0.3) is 33.6 Å². The first-order valence-corrected chi connectivity index (χ1v) is 11.4. The number of rotatable bonds is 4. The van der Waals surface area contributed by atoms with E-state index in [-0.39, 0.29) is 5.56 Å². The molecule has 0 spiro atoms. The number of nitrogens with zero attached hydrogens (tertiary/aromatic N) is 2. The largest absolute Gasteiger partial charge is 0.495 e. The lowest BCUT2D eigenvalue weighted by Gasteiger charge is -2.07. The van der Waals surface area contributed by atoms with Gasteiger partial charge in [-0.05, 0) is 18.2 Å². The average molecular weight is 479 g/mol. The summed E-state index contributed by atoms with van der Waals surface area (Å²) in [6.45, 7) is 0. The van der Waals surface area contributed by atoms with E-state index in [1.165, 1.54) is 18.4 Å². The molecule has 0 bridgehead atoms. The molecule has 5 rings (SSSR count). The molecule has 158 valence electrons. The van der Waals surface area contributed by atoms with Crippen LogP contribution in [0.3, 0.4) is 0 Å². The van der Waals surface area contributed by atoms with E-state index in [0.717, 1.165) is 22.5 Å². The summed E-state index contributed by atoms with van der Waals surface area (Å²) in [5, 5.41) is 0.705. The Kier molecular flexibility index (Phi) is 5.47. The van der Waals surface area contributed by atoms with Crippen LogP contribution in [0.2, 0.25) is 10.0 Å². The first kappa shape index (κ1) is 20.8. The Hall–Kier alpha value is -3.12. The van der Waals surface area contributed by atoms with Crippen LogP contribution in [-0.4, -0.2) is 16.5 Å². The van der Waals surface area contributed by atoms with Gasteiger partial charge in [-0.2, -0.15) is 0 Å². The van der Waals surface area contributed by atoms with E-state index in [1.54, 1.807) is 22.6 Å². The van der Waals surface area contributed by atoms with Gasteiger partial charge in [-0.25, -0.2) is 9.38 Å². The molecule has 2 heterocycles. The van der Waals surface area contributed by atoms with E-state index in [2.05, 4.69) is 0 Å². The lowest BCUT2D eigenvalue weighted by atomic mass is 10.1. The maximum atomic E-state index is 13.5. The van der Waals surface area contributed by atoms with Crippen molar-refractivity contribution in [1.29, 1.82) is 0 Å². The van der Waals surface area contributed by atoms with Crippen LogP contribution in [0.5, 0.6) is 5.75 Å². The normalized spacial score (nSPS) is 11.9. The zero-order valence-electron chi connectivity index (χ0n) is 16.9. The Labute approximate surface area is 198 Å². The lowest BCUT2D eigenvalue weighted by molar-refractivity contribution is 0.414. The van der Waals surface area contributed by atoms with Crippen LogP contribution in [0.15, 0.2) is 77.6 Å². The highest BCUT2D eigenvalue weighted by Gasteiger charge is 2.20. The van der Waals surface area contributed by atoms with Crippen LogP contribution in [0.4, 0.5) is 0 Å². The summed E-state index contributed by atoms with van der Waals surface area (Å²) in [7, 11) is 1.52. The summed E-state index contributed by atoms with van der Waals surface area (Å²) in [5.41, 5.74) is 3.96. The molecule has 0 fully saturated rings. The van der Waals surface area contributed by atoms with E-state index in [0.29, 0.717) is 30.9 Å². The monoisotopic (exact) mass is 478 g/mol. The van der Waals surface area contributed by atoms with Crippen molar-refractivity contribution >= 4 is 45.6 Å². The van der Waals surface area contributed by atoms with Crippen LogP contribution in [-0.2, 0) is 0 Å².